The van der Waals surface area contributed by atoms with Gasteiger partial charge in [0.2, 0.25) is 0 Å². The van der Waals surface area contributed by atoms with Gasteiger partial charge in [0, 0.05) is 19.6 Å². The van der Waals surface area contributed by atoms with Crippen LogP contribution < -0.4 is 5.84 Å². The van der Waals surface area contributed by atoms with Gasteiger partial charge in [0.05, 0.1) is 0 Å². The highest BCUT2D eigenvalue weighted by atomic mass is 15.4. The molecular weight excluding hydrogens is 174 g/mol. The molecule has 0 aromatic carbocycles. The summed E-state index contributed by atoms with van der Waals surface area (Å²) >= 11 is 0. The zero-order valence-electron chi connectivity index (χ0n) is 10.1. The van der Waals surface area contributed by atoms with Crippen LogP contribution in [0.15, 0.2) is 0 Å². The van der Waals surface area contributed by atoms with E-state index in [0.29, 0.717) is 0 Å². The van der Waals surface area contributed by atoms with Gasteiger partial charge in [-0.2, -0.15) is 0 Å². The van der Waals surface area contributed by atoms with E-state index in [1.165, 1.54) is 32.4 Å². The minimum Gasteiger partial charge on any atom is -0.302 e. The molecule has 3 nitrogen and oxygen atoms in total. The molecule has 0 aliphatic carbocycles. The van der Waals surface area contributed by atoms with Crippen molar-refractivity contribution in [2.24, 2.45) is 5.84 Å². The SMILES string of the molecule is CC.CCCCN1CCCN(N)CC1. The summed E-state index contributed by atoms with van der Waals surface area (Å²) in [5, 5.41) is 1.94. The molecule has 1 rings (SSSR count). The highest BCUT2D eigenvalue weighted by Crippen LogP contribution is 2.01. The molecule has 0 radical (unpaired) electrons. The third-order valence-electron chi connectivity index (χ3n) is 2.45. The first-order valence-corrected chi connectivity index (χ1v) is 6.05. The van der Waals surface area contributed by atoms with E-state index in [1.807, 2.05) is 18.9 Å². The molecule has 0 aromatic heterocycles. The van der Waals surface area contributed by atoms with E-state index in [2.05, 4.69) is 11.8 Å². The van der Waals surface area contributed by atoms with Gasteiger partial charge in [-0.05, 0) is 25.9 Å². The van der Waals surface area contributed by atoms with Gasteiger partial charge in [-0.3, -0.25) is 5.84 Å². The van der Waals surface area contributed by atoms with Crippen LogP contribution >= 0.6 is 0 Å². The molecular formula is C11H27N3. The topological polar surface area (TPSA) is 32.5 Å². The fraction of sp³-hybridized carbons (Fsp3) is 1.00. The van der Waals surface area contributed by atoms with Crippen molar-refractivity contribution in [2.45, 2.75) is 40.0 Å². The predicted octanol–water partition coefficient (Wildman–Crippen LogP) is 1.69. The number of hydrogen-bond acceptors (Lipinski definition) is 3. The second-order valence-corrected chi connectivity index (χ2v) is 3.58. The van der Waals surface area contributed by atoms with Crippen LogP contribution in [0.4, 0.5) is 0 Å². The average molecular weight is 201 g/mol. The number of unbranched alkanes of at least 4 members (excludes halogenated alkanes) is 1. The zero-order valence-corrected chi connectivity index (χ0v) is 10.1. The van der Waals surface area contributed by atoms with E-state index in [0.717, 1.165) is 19.6 Å². The van der Waals surface area contributed by atoms with Gasteiger partial charge in [-0.1, -0.05) is 27.2 Å². The quantitative estimate of drug-likeness (QED) is 0.705. The monoisotopic (exact) mass is 201 g/mol. The van der Waals surface area contributed by atoms with Crippen LogP contribution in [0.25, 0.3) is 0 Å². The molecule has 1 saturated heterocycles. The molecule has 1 aliphatic heterocycles. The highest BCUT2D eigenvalue weighted by Gasteiger charge is 2.10. The van der Waals surface area contributed by atoms with Gasteiger partial charge < -0.3 is 4.90 Å². The molecule has 1 aliphatic rings. The van der Waals surface area contributed by atoms with Crippen molar-refractivity contribution in [1.82, 2.24) is 9.91 Å². The Bertz CT molecular complexity index is 115. The summed E-state index contributed by atoms with van der Waals surface area (Å²) < 4.78 is 0. The minimum absolute atomic E-state index is 1.03. The number of nitrogens with zero attached hydrogens (tertiary/aromatic N) is 2. The van der Waals surface area contributed by atoms with Crippen LogP contribution in [0.5, 0.6) is 0 Å². The van der Waals surface area contributed by atoms with Crippen LogP contribution in [-0.2, 0) is 0 Å². The first-order valence-electron chi connectivity index (χ1n) is 6.05. The van der Waals surface area contributed by atoms with E-state index in [9.17, 15) is 0 Å². The Balaban J connectivity index is 0.000000791. The average Bonchev–Trinajstić information content (AvgIpc) is 2.43. The first-order chi connectivity index (χ1) is 6.83. The van der Waals surface area contributed by atoms with Crippen LogP contribution in [0, 0.1) is 0 Å². The lowest BCUT2D eigenvalue weighted by Gasteiger charge is -2.19. The molecule has 0 amide bonds. The van der Waals surface area contributed by atoms with Crippen LogP contribution in [-0.4, -0.2) is 42.6 Å². The molecule has 1 fully saturated rings. The standard InChI is InChI=1S/C9H21N3.C2H6/c1-2-3-5-11-6-4-7-12(10)9-8-11;1-2/h2-10H2,1H3;1-2H3. The number of rotatable bonds is 3. The van der Waals surface area contributed by atoms with Crippen LogP contribution in [0.2, 0.25) is 0 Å². The fourth-order valence-electron chi connectivity index (χ4n) is 1.60. The third-order valence-corrected chi connectivity index (χ3v) is 2.45. The number of hydrazine groups is 1. The van der Waals surface area contributed by atoms with E-state index >= 15 is 0 Å². The summed E-state index contributed by atoms with van der Waals surface area (Å²) in [5.74, 6) is 5.73. The van der Waals surface area contributed by atoms with Gasteiger partial charge in [0.15, 0.2) is 0 Å². The molecule has 0 aromatic rings. The maximum absolute atomic E-state index is 5.73. The van der Waals surface area contributed by atoms with E-state index < -0.39 is 0 Å². The lowest BCUT2D eigenvalue weighted by Crippen LogP contribution is -2.35. The number of nitrogens with two attached hydrogens (primary N) is 1. The predicted molar refractivity (Wildman–Crippen MR) is 63.1 cm³/mol. The summed E-state index contributed by atoms with van der Waals surface area (Å²) in [7, 11) is 0. The molecule has 14 heavy (non-hydrogen) atoms. The Morgan fingerprint density at radius 1 is 1.07 bits per heavy atom. The number of hydrogen-bond donors (Lipinski definition) is 1. The van der Waals surface area contributed by atoms with Crippen molar-refractivity contribution in [3.63, 3.8) is 0 Å². The van der Waals surface area contributed by atoms with Gasteiger partial charge in [-0.25, -0.2) is 5.01 Å². The lowest BCUT2D eigenvalue weighted by atomic mass is 10.3. The summed E-state index contributed by atoms with van der Waals surface area (Å²) in [4.78, 5) is 2.52. The first kappa shape index (κ1) is 13.9. The Morgan fingerprint density at radius 3 is 2.43 bits per heavy atom. The Kier molecular flexibility index (Phi) is 9.35. The minimum atomic E-state index is 1.03. The maximum atomic E-state index is 5.73. The molecule has 0 bridgehead atoms. The molecule has 0 unspecified atom stereocenters. The van der Waals surface area contributed by atoms with Crippen molar-refractivity contribution >= 4 is 0 Å². The molecule has 0 atom stereocenters. The Hall–Kier alpha value is -0.120. The molecule has 0 saturated carbocycles. The van der Waals surface area contributed by atoms with E-state index in [1.54, 1.807) is 0 Å². The molecule has 3 heteroatoms. The van der Waals surface area contributed by atoms with Crippen molar-refractivity contribution in [3.8, 4) is 0 Å². The normalized spacial score (nSPS) is 19.7. The molecule has 0 spiro atoms. The highest BCUT2D eigenvalue weighted by molar-refractivity contribution is 4.65. The summed E-state index contributed by atoms with van der Waals surface area (Å²) in [6, 6.07) is 0. The van der Waals surface area contributed by atoms with Gasteiger partial charge in [-0.15, -0.1) is 0 Å². The van der Waals surface area contributed by atoms with Crippen molar-refractivity contribution in [1.29, 1.82) is 0 Å². The summed E-state index contributed by atoms with van der Waals surface area (Å²) in [5.41, 5.74) is 0. The largest absolute Gasteiger partial charge is 0.302 e. The second kappa shape index (κ2) is 9.44. The van der Waals surface area contributed by atoms with E-state index in [4.69, 9.17) is 5.84 Å². The summed E-state index contributed by atoms with van der Waals surface area (Å²) in [6.07, 6.45) is 3.84. The lowest BCUT2D eigenvalue weighted by molar-refractivity contribution is 0.258. The van der Waals surface area contributed by atoms with Gasteiger partial charge in [0.1, 0.15) is 0 Å². The van der Waals surface area contributed by atoms with Gasteiger partial charge in [0.25, 0.3) is 0 Å². The van der Waals surface area contributed by atoms with Gasteiger partial charge >= 0.3 is 0 Å². The van der Waals surface area contributed by atoms with Crippen molar-refractivity contribution in [3.05, 3.63) is 0 Å². The van der Waals surface area contributed by atoms with Crippen molar-refractivity contribution < 1.29 is 0 Å². The summed E-state index contributed by atoms with van der Waals surface area (Å²) in [6.45, 7) is 12.0. The van der Waals surface area contributed by atoms with Crippen LogP contribution in [0.3, 0.4) is 0 Å². The van der Waals surface area contributed by atoms with Crippen molar-refractivity contribution in [2.75, 3.05) is 32.7 Å². The smallest absolute Gasteiger partial charge is 0.0256 e. The second-order valence-electron chi connectivity index (χ2n) is 3.58. The Morgan fingerprint density at radius 2 is 1.79 bits per heavy atom. The zero-order chi connectivity index (χ0) is 10.8. The van der Waals surface area contributed by atoms with E-state index in [-0.39, 0.29) is 0 Å². The molecule has 86 valence electrons. The third kappa shape index (κ3) is 6.35. The Labute approximate surface area is 89.2 Å². The molecule has 1 heterocycles. The maximum Gasteiger partial charge on any atom is 0.0256 e. The fourth-order valence-corrected chi connectivity index (χ4v) is 1.60. The molecule has 2 N–H and O–H groups in total. The van der Waals surface area contributed by atoms with Crippen LogP contribution in [0.1, 0.15) is 40.0 Å².